The third-order valence-electron chi connectivity index (χ3n) is 3.71. The van der Waals surface area contributed by atoms with E-state index in [2.05, 4.69) is 22.2 Å². The molecule has 2 rings (SSSR count). The second-order valence-corrected chi connectivity index (χ2v) is 6.96. The molecule has 10 heteroatoms. The summed E-state index contributed by atoms with van der Waals surface area (Å²) in [5.74, 6) is -0.342. The van der Waals surface area contributed by atoms with Gasteiger partial charge in [-0.05, 0) is 25.7 Å². The van der Waals surface area contributed by atoms with Gasteiger partial charge in [0.05, 0.1) is 6.10 Å². The van der Waals surface area contributed by atoms with Crippen molar-refractivity contribution in [2.45, 2.75) is 55.8 Å². The Labute approximate surface area is 145 Å². The Balaban J connectivity index is 2.00. The summed E-state index contributed by atoms with van der Waals surface area (Å²) in [6.07, 6.45) is 2.87. The predicted molar refractivity (Wildman–Crippen MR) is 94.2 cm³/mol. The summed E-state index contributed by atoms with van der Waals surface area (Å²) >= 11 is 1.53. The molecule has 136 valence electrons. The number of aliphatic hydroxyl groups excluding tert-OH is 1. The lowest BCUT2D eigenvalue weighted by Crippen LogP contribution is -2.48. The van der Waals surface area contributed by atoms with Crippen molar-refractivity contribution in [3.05, 3.63) is 0 Å². The number of ether oxygens (including phenoxy) is 1. The Morgan fingerprint density at radius 3 is 2.79 bits per heavy atom. The first-order chi connectivity index (χ1) is 11.3. The maximum absolute atomic E-state index is 9.58. The van der Waals surface area contributed by atoms with E-state index in [1.807, 2.05) is 0 Å². The standard InChI is InChI=1S/C14H26N6O3S/c1-2-5-24-13-19-11(16)10(15)12(20-13)18-8-3-4-9(6-8)23-14(17,22)7-21/h8-9,21-22H,2-7,15,17H2,1H3,(H3,16,18,19,20). The summed E-state index contributed by atoms with van der Waals surface area (Å²) in [5, 5.41) is 22.4. The zero-order valence-corrected chi connectivity index (χ0v) is 14.6. The highest BCUT2D eigenvalue weighted by molar-refractivity contribution is 7.99. The quantitative estimate of drug-likeness (QED) is 0.213. The zero-order chi connectivity index (χ0) is 17.7. The third-order valence-corrected chi connectivity index (χ3v) is 4.77. The van der Waals surface area contributed by atoms with Crippen LogP contribution in [0.15, 0.2) is 5.16 Å². The second kappa shape index (κ2) is 8.17. The summed E-state index contributed by atoms with van der Waals surface area (Å²) in [7, 11) is 0. The molecule has 1 aromatic heterocycles. The van der Waals surface area contributed by atoms with Gasteiger partial charge < -0.3 is 31.7 Å². The van der Waals surface area contributed by atoms with E-state index < -0.39 is 12.5 Å². The molecule has 3 unspecified atom stereocenters. The molecule has 0 saturated heterocycles. The van der Waals surface area contributed by atoms with Crippen molar-refractivity contribution in [2.75, 3.05) is 29.1 Å². The van der Waals surface area contributed by atoms with Crippen LogP contribution in [0.5, 0.6) is 0 Å². The number of rotatable bonds is 8. The Morgan fingerprint density at radius 1 is 1.38 bits per heavy atom. The lowest BCUT2D eigenvalue weighted by Gasteiger charge is -2.25. The number of hydrogen-bond acceptors (Lipinski definition) is 10. The minimum atomic E-state index is -2.01. The summed E-state index contributed by atoms with van der Waals surface area (Å²) in [4.78, 5) is 8.61. The van der Waals surface area contributed by atoms with Crippen molar-refractivity contribution in [3.8, 4) is 0 Å². The van der Waals surface area contributed by atoms with E-state index >= 15 is 0 Å². The van der Waals surface area contributed by atoms with Gasteiger partial charge in [0, 0.05) is 11.8 Å². The van der Waals surface area contributed by atoms with Crippen LogP contribution in [-0.4, -0.2) is 50.6 Å². The lowest BCUT2D eigenvalue weighted by molar-refractivity contribution is -0.242. The molecule has 1 saturated carbocycles. The first-order valence-corrected chi connectivity index (χ1v) is 8.95. The number of nitrogen functional groups attached to an aromatic ring is 2. The summed E-state index contributed by atoms with van der Waals surface area (Å²) in [5.41, 5.74) is 17.6. The van der Waals surface area contributed by atoms with Gasteiger partial charge in [-0.1, -0.05) is 18.7 Å². The molecule has 0 aliphatic heterocycles. The Hall–Kier alpha value is -1.33. The van der Waals surface area contributed by atoms with Crippen LogP contribution in [0.1, 0.15) is 32.6 Å². The van der Waals surface area contributed by atoms with Crippen molar-refractivity contribution in [1.82, 2.24) is 9.97 Å². The Bertz CT molecular complexity index is 560. The average molecular weight is 358 g/mol. The number of aromatic nitrogens is 2. The number of nitrogens with two attached hydrogens (primary N) is 3. The van der Waals surface area contributed by atoms with Crippen LogP contribution in [0.25, 0.3) is 0 Å². The summed E-state index contributed by atoms with van der Waals surface area (Å²) in [6, 6.07) is 0.0603. The topological polar surface area (TPSA) is 166 Å². The van der Waals surface area contributed by atoms with Crippen LogP contribution in [0, 0.1) is 0 Å². The van der Waals surface area contributed by atoms with Gasteiger partial charge in [-0.15, -0.1) is 0 Å². The summed E-state index contributed by atoms with van der Waals surface area (Å²) in [6.45, 7) is 1.42. The van der Waals surface area contributed by atoms with E-state index in [0.29, 0.717) is 29.5 Å². The lowest BCUT2D eigenvalue weighted by atomic mass is 10.2. The van der Waals surface area contributed by atoms with Crippen molar-refractivity contribution in [2.24, 2.45) is 5.73 Å². The molecule has 1 fully saturated rings. The molecule has 24 heavy (non-hydrogen) atoms. The molecule has 0 bridgehead atoms. The Morgan fingerprint density at radius 2 is 2.12 bits per heavy atom. The van der Waals surface area contributed by atoms with Gasteiger partial charge in [-0.2, -0.15) is 0 Å². The maximum atomic E-state index is 9.58. The number of anilines is 3. The molecule has 0 spiro atoms. The van der Waals surface area contributed by atoms with Gasteiger partial charge in [-0.25, -0.2) is 9.97 Å². The third kappa shape index (κ3) is 5.08. The molecule has 1 aliphatic carbocycles. The normalized spacial score (nSPS) is 23.2. The monoisotopic (exact) mass is 358 g/mol. The molecule has 3 atom stereocenters. The molecule has 1 aromatic rings. The fourth-order valence-electron chi connectivity index (χ4n) is 2.53. The van der Waals surface area contributed by atoms with E-state index in [0.717, 1.165) is 18.6 Å². The first-order valence-electron chi connectivity index (χ1n) is 7.97. The molecular formula is C14H26N6O3S. The van der Waals surface area contributed by atoms with E-state index in [9.17, 15) is 5.11 Å². The fraction of sp³-hybridized carbons (Fsp3) is 0.714. The van der Waals surface area contributed by atoms with Crippen molar-refractivity contribution in [1.29, 1.82) is 0 Å². The first kappa shape index (κ1) is 19.0. The van der Waals surface area contributed by atoms with E-state index in [1.54, 1.807) is 0 Å². The fourth-order valence-corrected chi connectivity index (χ4v) is 3.24. The largest absolute Gasteiger partial charge is 0.393 e. The predicted octanol–water partition coefficient (Wildman–Crippen LogP) is 0.0898. The highest BCUT2D eigenvalue weighted by atomic mass is 32.2. The van der Waals surface area contributed by atoms with Gasteiger partial charge in [0.2, 0.25) is 5.91 Å². The van der Waals surface area contributed by atoms with E-state index in [-0.39, 0.29) is 18.0 Å². The molecule has 0 radical (unpaired) electrons. The highest BCUT2D eigenvalue weighted by Crippen LogP contribution is 2.31. The molecule has 1 aliphatic rings. The molecule has 0 aromatic carbocycles. The molecule has 0 amide bonds. The average Bonchev–Trinajstić information content (AvgIpc) is 2.96. The van der Waals surface area contributed by atoms with Crippen LogP contribution in [-0.2, 0) is 4.74 Å². The summed E-state index contributed by atoms with van der Waals surface area (Å²) < 4.78 is 5.30. The van der Waals surface area contributed by atoms with Gasteiger partial charge >= 0.3 is 0 Å². The van der Waals surface area contributed by atoms with Gasteiger partial charge in [-0.3, -0.25) is 5.73 Å². The maximum Gasteiger partial charge on any atom is 0.247 e. The number of nitrogens with one attached hydrogen (secondary N) is 1. The van der Waals surface area contributed by atoms with Crippen molar-refractivity contribution >= 4 is 29.1 Å². The molecule has 9 nitrogen and oxygen atoms in total. The number of hydrogen-bond donors (Lipinski definition) is 6. The molecule has 9 N–H and O–H groups in total. The van der Waals surface area contributed by atoms with Crippen molar-refractivity contribution < 1.29 is 14.9 Å². The van der Waals surface area contributed by atoms with E-state index in [1.165, 1.54) is 11.8 Å². The molecule has 1 heterocycles. The van der Waals surface area contributed by atoms with E-state index in [4.69, 9.17) is 27.0 Å². The number of nitrogens with zero attached hydrogens (tertiary/aromatic N) is 2. The minimum Gasteiger partial charge on any atom is -0.393 e. The Kier molecular flexibility index (Phi) is 6.47. The van der Waals surface area contributed by atoms with Crippen LogP contribution >= 0.6 is 11.8 Å². The number of aliphatic hydroxyl groups is 2. The minimum absolute atomic E-state index is 0.0603. The van der Waals surface area contributed by atoms with Crippen LogP contribution in [0.3, 0.4) is 0 Å². The second-order valence-electron chi connectivity index (χ2n) is 5.90. The molecular weight excluding hydrogens is 332 g/mol. The van der Waals surface area contributed by atoms with Gasteiger partial charge in [0.1, 0.15) is 12.3 Å². The van der Waals surface area contributed by atoms with Crippen molar-refractivity contribution in [3.63, 3.8) is 0 Å². The van der Waals surface area contributed by atoms with Crippen LogP contribution < -0.4 is 22.5 Å². The smallest absolute Gasteiger partial charge is 0.247 e. The van der Waals surface area contributed by atoms with Gasteiger partial charge in [0.25, 0.3) is 0 Å². The van der Waals surface area contributed by atoms with Gasteiger partial charge in [0.15, 0.2) is 16.8 Å². The number of thioether (sulfide) groups is 1. The SMILES string of the molecule is CCCSc1nc(N)c(N)c(NC2CCC(OC(N)(O)CO)C2)n1. The zero-order valence-electron chi connectivity index (χ0n) is 13.7. The highest BCUT2D eigenvalue weighted by Gasteiger charge is 2.32. The van der Waals surface area contributed by atoms with Crippen LogP contribution in [0.2, 0.25) is 0 Å². The van der Waals surface area contributed by atoms with Crippen LogP contribution in [0.4, 0.5) is 17.3 Å².